The van der Waals surface area contributed by atoms with Gasteiger partial charge in [0.2, 0.25) is 0 Å². The van der Waals surface area contributed by atoms with Crippen molar-refractivity contribution in [3.8, 4) is 45.3 Å². The third-order valence-corrected chi connectivity index (χ3v) is 12.3. The lowest BCUT2D eigenvalue weighted by Gasteiger charge is -2.20. The third-order valence-electron chi connectivity index (χ3n) is 9.20. The molecule has 2 aromatic heterocycles. The number of fused-ring (bicyclic) bond motifs is 3. The Bertz CT molecular complexity index is 2670. The smallest absolute Gasteiger partial charge is 0.171 e. The summed E-state index contributed by atoms with van der Waals surface area (Å²) in [5.41, 5.74) is 6.09. The zero-order valence-corrected chi connectivity index (χ0v) is 28.3. The van der Waals surface area contributed by atoms with Crippen LogP contribution in [-0.2, 0) is 4.57 Å². The lowest BCUT2D eigenvalue weighted by atomic mass is 9.97. The molecule has 9 aromatic rings. The Morgan fingerprint density at radius 2 is 0.882 bits per heavy atom. The Morgan fingerprint density at radius 3 is 1.53 bits per heavy atom. The molecule has 51 heavy (non-hydrogen) atoms. The molecule has 2 heterocycles. The van der Waals surface area contributed by atoms with Crippen LogP contribution in [0.2, 0.25) is 0 Å². The van der Waals surface area contributed by atoms with E-state index in [1.54, 1.807) is 0 Å². The fourth-order valence-corrected chi connectivity index (χ4v) is 9.44. The van der Waals surface area contributed by atoms with Crippen molar-refractivity contribution in [2.75, 3.05) is 0 Å². The van der Waals surface area contributed by atoms with Gasteiger partial charge in [0.25, 0.3) is 0 Å². The van der Waals surface area contributed by atoms with Crippen molar-refractivity contribution < 1.29 is 8.98 Å². The van der Waals surface area contributed by atoms with Gasteiger partial charge in [0.15, 0.2) is 24.6 Å². The predicted octanol–water partition coefficient (Wildman–Crippen LogP) is 10.1. The van der Waals surface area contributed by atoms with Gasteiger partial charge in [0.05, 0.1) is 0 Å². The van der Waals surface area contributed by atoms with Crippen molar-refractivity contribution in [1.29, 1.82) is 0 Å². The Labute approximate surface area is 295 Å². The monoisotopic (exact) mass is 675 g/mol. The number of aromatic nitrogens is 3. The number of furan rings is 1. The molecule has 9 rings (SSSR count). The highest BCUT2D eigenvalue weighted by molar-refractivity contribution is 7.85. The van der Waals surface area contributed by atoms with Gasteiger partial charge in [-0.15, -0.1) is 0 Å². The van der Waals surface area contributed by atoms with Crippen LogP contribution < -0.4 is 15.9 Å². The van der Waals surface area contributed by atoms with E-state index >= 15 is 4.57 Å². The fraction of sp³-hybridized carbons (Fsp3) is 0. The maximum Gasteiger partial charge on any atom is 0.171 e. The number of hydrogen-bond donors (Lipinski definition) is 0. The van der Waals surface area contributed by atoms with E-state index in [0.717, 1.165) is 60.4 Å². The van der Waals surface area contributed by atoms with Gasteiger partial charge in [-0.1, -0.05) is 158 Å². The molecule has 0 unspecified atom stereocenters. The molecule has 0 fully saturated rings. The molecule has 0 amide bonds. The van der Waals surface area contributed by atoms with Crippen LogP contribution in [0.25, 0.3) is 67.2 Å². The maximum absolute atomic E-state index is 15.3. The molecule has 0 atom stereocenters. The second-order valence-corrected chi connectivity index (χ2v) is 15.1. The molecule has 0 aliphatic rings. The molecule has 0 spiro atoms. The number of para-hydroxylation sites is 1. The van der Waals surface area contributed by atoms with Gasteiger partial charge < -0.3 is 8.98 Å². The molecule has 0 aliphatic heterocycles. The number of rotatable bonds is 7. The van der Waals surface area contributed by atoms with Crippen LogP contribution in [0.1, 0.15) is 0 Å². The molecule has 0 radical (unpaired) electrons. The minimum absolute atomic E-state index is 0.486. The van der Waals surface area contributed by atoms with Crippen molar-refractivity contribution in [1.82, 2.24) is 15.0 Å². The van der Waals surface area contributed by atoms with Crippen molar-refractivity contribution in [2.45, 2.75) is 0 Å². The topological polar surface area (TPSA) is 68.9 Å². The molecule has 0 N–H and O–H groups in total. The van der Waals surface area contributed by atoms with Gasteiger partial charge in [-0.25, -0.2) is 15.0 Å². The van der Waals surface area contributed by atoms with E-state index in [2.05, 4.69) is 24.3 Å². The number of hydrogen-bond acceptors (Lipinski definition) is 5. The van der Waals surface area contributed by atoms with Crippen molar-refractivity contribution in [3.63, 3.8) is 0 Å². The fourth-order valence-electron chi connectivity index (χ4n) is 6.74. The molecule has 5 nitrogen and oxygen atoms in total. The lowest BCUT2D eigenvalue weighted by molar-refractivity contribution is 0.592. The molecule has 0 saturated heterocycles. The first-order valence-corrected chi connectivity index (χ1v) is 18.5. The van der Waals surface area contributed by atoms with E-state index in [9.17, 15) is 0 Å². The zero-order chi connectivity index (χ0) is 34.2. The highest BCUT2D eigenvalue weighted by atomic mass is 31.2. The minimum Gasteiger partial charge on any atom is -0.456 e. The van der Waals surface area contributed by atoms with E-state index in [1.165, 1.54) is 0 Å². The molecular formula is C45H30N3O2P. The van der Waals surface area contributed by atoms with Gasteiger partial charge in [-0.05, 0) is 35.4 Å². The van der Waals surface area contributed by atoms with E-state index < -0.39 is 7.14 Å². The zero-order valence-electron chi connectivity index (χ0n) is 27.4. The van der Waals surface area contributed by atoms with Crippen LogP contribution in [0.15, 0.2) is 186 Å². The van der Waals surface area contributed by atoms with Crippen molar-refractivity contribution in [2.24, 2.45) is 0 Å². The summed E-state index contributed by atoms with van der Waals surface area (Å²) in [4.78, 5) is 15.2. The van der Waals surface area contributed by atoms with E-state index in [4.69, 9.17) is 19.4 Å². The van der Waals surface area contributed by atoms with Crippen molar-refractivity contribution in [3.05, 3.63) is 182 Å². The Hall–Kier alpha value is -6.42. The van der Waals surface area contributed by atoms with Crippen molar-refractivity contribution >= 4 is 45.0 Å². The summed E-state index contributed by atoms with van der Waals surface area (Å²) in [6.45, 7) is 0. The van der Waals surface area contributed by atoms with Crippen LogP contribution >= 0.6 is 7.14 Å². The van der Waals surface area contributed by atoms with Gasteiger partial charge in [0, 0.05) is 43.4 Å². The van der Waals surface area contributed by atoms with E-state index in [1.807, 2.05) is 158 Å². The second kappa shape index (κ2) is 12.8. The summed E-state index contributed by atoms with van der Waals surface area (Å²) in [5.74, 6) is 1.54. The van der Waals surface area contributed by atoms with Gasteiger partial charge in [-0.2, -0.15) is 0 Å². The van der Waals surface area contributed by atoms with E-state index in [0.29, 0.717) is 22.8 Å². The Kier molecular flexibility index (Phi) is 7.68. The highest BCUT2D eigenvalue weighted by Crippen LogP contribution is 2.43. The quantitative estimate of drug-likeness (QED) is 0.157. The van der Waals surface area contributed by atoms with Crippen LogP contribution in [0.5, 0.6) is 0 Å². The minimum atomic E-state index is -3.23. The largest absolute Gasteiger partial charge is 0.456 e. The van der Waals surface area contributed by atoms with Crippen LogP contribution in [0.3, 0.4) is 0 Å². The average molecular weight is 676 g/mol. The number of nitrogens with zero attached hydrogens (tertiary/aromatic N) is 3. The molecule has 6 heteroatoms. The average Bonchev–Trinajstić information content (AvgIpc) is 3.60. The molecule has 7 aromatic carbocycles. The summed E-state index contributed by atoms with van der Waals surface area (Å²) in [6.07, 6.45) is 0. The first-order chi connectivity index (χ1) is 25.1. The highest BCUT2D eigenvalue weighted by Gasteiger charge is 2.30. The first-order valence-electron chi connectivity index (χ1n) is 16.8. The summed E-state index contributed by atoms with van der Waals surface area (Å²) in [7, 11) is -3.23. The third kappa shape index (κ3) is 5.54. The lowest BCUT2D eigenvalue weighted by Crippen LogP contribution is -2.25. The summed E-state index contributed by atoms with van der Waals surface area (Å²) in [5, 5.41) is 4.33. The van der Waals surface area contributed by atoms with Crippen LogP contribution in [0, 0.1) is 0 Å². The Balaban J connectivity index is 1.26. The predicted molar refractivity (Wildman–Crippen MR) is 208 cm³/mol. The summed E-state index contributed by atoms with van der Waals surface area (Å²) >= 11 is 0. The summed E-state index contributed by atoms with van der Waals surface area (Å²) in [6, 6.07) is 59.7. The maximum atomic E-state index is 15.3. The van der Waals surface area contributed by atoms with Gasteiger partial charge >= 0.3 is 0 Å². The molecule has 242 valence electrons. The summed E-state index contributed by atoms with van der Waals surface area (Å²) < 4.78 is 21.7. The molecule has 0 aliphatic carbocycles. The van der Waals surface area contributed by atoms with Gasteiger partial charge in [0.1, 0.15) is 11.2 Å². The second-order valence-electron chi connectivity index (χ2n) is 12.4. The Morgan fingerprint density at radius 1 is 0.392 bits per heavy atom. The normalized spacial score (nSPS) is 11.6. The van der Waals surface area contributed by atoms with Crippen LogP contribution in [-0.4, -0.2) is 15.0 Å². The standard InChI is InChI=1S/C45H30N3O2P/c49-51(35-21-9-3-10-22-35,36-23-11-4-12-24-36)37-25-15-20-33(28-37)44-46-43(32-18-7-2-8-19-32)47-45(48-44)34-29-39(31-16-5-1-6-17-31)42-38-26-13-14-27-40(38)50-41(42)30-34/h1-30H. The SMILES string of the molecule is O=P(c1ccccc1)(c1ccccc1)c1cccc(-c2nc(-c3ccccc3)nc(-c3cc(-c4ccccc4)c4c(c3)oc3ccccc34)n2)c1. The molecular weight excluding hydrogens is 645 g/mol. The first kappa shape index (κ1) is 30.6. The van der Waals surface area contributed by atoms with E-state index in [-0.39, 0.29) is 0 Å². The molecule has 0 saturated carbocycles. The van der Waals surface area contributed by atoms with Crippen LogP contribution in [0.4, 0.5) is 0 Å². The number of benzene rings is 7. The van der Waals surface area contributed by atoms with Gasteiger partial charge in [-0.3, -0.25) is 0 Å². The molecule has 0 bridgehead atoms.